The molecule has 0 aliphatic carbocycles. The maximum absolute atomic E-state index is 11.9. The van der Waals surface area contributed by atoms with E-state index in [1.807, 2.05) is 49.4 Å². The van der Waals surface area contributed by atoms with Gasteiger partial charge in [-0.3, -0.25) is 4.79 Å². The predicted molar refractivity (Wildman–Crippen MR) is 124 cm³/mol. The second kappa shape index (κ2) is 9.41. The first-order valence-electron chi connectivity index (χ1n) is 9.71. The van der Waals surface area contributed by atoms with Gasteiger partial charge in [0.1, 0.15) is 11.1 Å². The van der Waals surface area contributed by atoms with Crippen molar-refractivity contribution < 1.29 is 9.21 Å². The largest absolute Gasteiger partial charge is 0.436 e. The summed E-state index contributed by atoms with van der Waals surface area (Å²) < 4.78 is 5.91. The Bertz CT molecular complexity index is 1130. The molecule has 1 amide bonds. The number of hydrogen-bond acceptors (Lipinski definition) is 5. The van der Waals surface area contributed by atoms with Crippen LogP contribution in [0.25, 0.3) is 11.0 Å². The minimum Gasteiger partial charge on any atom is -0.436 e. The van der Waals surface area contributed by atoms with Crippen LogP contribution in [-0.2, 0) is 0 Å². The first-order chi connectivity index (χ1) is 14.4. The smallest absolute Gasteiger partial charge is 0.254 e. The summed E-state index contributed by atoms with van der Waals surface area (Å²) in [6.45, 7) is 7.94. The number of benzene rings is 2. The molecule has 0 saturated carbocycles. The second-order valence-electron chi connectivity index (χ2n) is 6.77. The summed E-state index contributed by atoms with van der Waals surface area (Å²) in [7, 11) is 0. The fraction of sp³-hybridized carbons (Fsp3) is 0.227. The molecule has 3 rings (SSSR count). The van der Waals surface area contributed by atoms with Crippen LogP contribution in [0.5, 0.6) is 0 Å². The van der Waals surface area contributed by atoms with E-state index in [9.17, 15) is 4.79 Å². The van der Waals surface area contributed by atoms with Crippen LogP contribution >= 0.6 is 12.2 Å². The molecule has 8 heteroatoms. The van der Waals surface area contributed by atoms with Gasteiger partial charge < -0.3 is 20.4 Å². The number of carbonyl (C=O) groups excluding carboxylic acids is 1. The van der Waals surface area contributed by atoms with Crippen LogP contribution in [0.2, 0.25) is 0 Å². The number of amides is 1. The number of aryl methyl sites for hydroxylation is 1. The van der Waals surface area contributed by atoms with Crippen molar-refractivity contribution in [3.05, 3.63) is 65.2 Å². The van der Waals surface area contributed by atoms with Crippen LogP contribution in [0.1, 0.15) is 29.8 Å². The van der Waals surface area contributed by atoms with E-state index in [1.54, 1.807) is 6.07 Å². The maximum atomic E-state index is 11.9. The number of nitrogens with zero attached hydrogens (tertiary/aromatic N) is 2. The highest BCUT2D eigenvalue weighted by atomic mass is 32.1. The van der Waals surface area contributed by atoms with E-state index in [-0.39, 0.29) is 16.2 Å². The van der Waals surface area contributed by atoms with Crippen molar-refractivity contribution in [3.8, 4) is 0 Å². The van der Waals surface area contributed by atoms with Crippen LogP contribution < -0.4 is 26.9 Å². The molecule has 2 aromatic carbocycles. The quantitative estimate of drug-likeness (QED) is 0.415. The monoisotopic (exact) mass is 423 g/mol. The first-order valence-corrected chi connectivity index (χ1v) is 10.1. The fourth-order valence-corrected chi connectivity index (χ4v) is 3.21. The van der Waals surface area contributed by atoms with Gasteiger partial charge in [-0.15, -0.1) is 5.10 Å². The maximum Gasteiger partial charge on any atom is 0.254 e. The molecule has 1 aromatic heterocycles. The fourth-order valence-electron chi connectivity index (χ4n) is 3.05. The Balaban J connectivity index is 1.93. The van der Waals surface area contributed by atoms with Crippen molar-refractivity contribution in [1.82, 2.24) is 5.43 Å². The number of thiocarbonyl (C=S) groups is 1. The lowest BCUT2D eigenvalue weighted by atomic mass is 10.1. The Morgan fingerprint density at radius 1 is 1.13 bits per heavy atom. The van der Waals surface area contributed by atoms with E-state index in [0.29, 0.717) is 5.58 Å². The molecule has 7 nitrogen and oxygen atoms in total. The molecule has 30 heavy (non-hydrogen) atoms. The Labute approximate surface area is 180 Å². The Morgan fingerprint density at radius 3 is 2.47 bits per heavy atom. The van der Waals surface area contributed by atoms with Gasteiger partial charge in [-0.25, -0.2) is 5.43 Å². The highest BCUT2D eigenvalue weighted by Crippen LogP contribution is 2.22. The summed E-state index contributed by atoms with van der Waals surface area (Å²) in [5.41, 5.74) is 12.1. The summed E-state index contributed by atoms with van der Waals surface area (Å²) in [6, 6.07) is 15.3. The highest BCUT2D eigenvalue weighted by molar-refractivity contribution is 7.80. The average Bonchev–Trinajstić information content (AvgIpc) is 2.74. The summed E-state index contributed by atoms with van der Waals surface area (Å²) in [6.07, 6.45) is 0. The third-order valence-electron chi connectivity index (χ3n) is 4.70. The summed E-state index contributed by atoms with van der Waals surface area (Å²) in [4.78, 5) is 14.1. The summed E-state index contributed by atoms with van der Waals surface area (Å²) in [5.74, 6) is -0.633. The number of rotatable bonds is 6. The number of nitrogens with one attached hydrogen (secondary N) is 2. The van der Waals surface area contributed by atoms with E-state index < -0.39 is 5.91 Å². The van der Waals surface area contributed by atoms with Crippen molar-refractivity contribution >= 4 is 45.6 Å². The number of hydrogen-bond donors (Lipinski definition) is 3. The van der Waals surface area contributed by atoms with Crippen molar-refractivity contribution in [2.45, 2.75) is 20.8 Å². The zero-order valence-corrected chi connectivity index (χ0v) is 18.0. The molecule has 0 spiro atoms. The molecule has 0 aliphatic heterocycles. The molecule has 4 N–H and O–H groups in total. The van der Waals surface area contributed by atoms with Gasteiger partial charge >= 0.3 is 0 Å². The number of nitrogens with two attached hydrogens (primary N) is 1. The molecule has 156 valence electrons. The lowest BCUT2D eigenvalue weighted by molar-refractivity contribution is 0.0996. The molecular weight excluding hydrogens is 398 g/mol. The number of fused-ring (bicyclic) bond motifs is 1. The van der Waals surface area contributed by atoms with Gasteiger partial charge in [-0.1, -0.05) is 17.7 Å². The van der Waals surface area contributed by atoms with Crippen molar-refractivity contribution in [3.63, 3.8) is 0 Å². The van der Waals surface area contributed by atoms with Crippen molar-refractivity contribution in [1.29, 1.82) is 0 Å². The minimum absolute atomic E-state index is 0.0692. The summed E-state index contributed by atoms with van der Waals surface area (Å²) in [5, 5.41) is 8.23. The van der Waals surface area contributed by atoms with Crippen LogP contribution in [0.15, 0.2) is 58.0 Å². The molecule has 0 aliphatic rings. The van der Waals surface area contributed by atoms with Gasteiger partial charge in [0.15, 0.2) is 5.11 Å². The Hall–Kier alpha value is -3.39. The zero-order valence-electron chi connectivity index (χ0n) is 17.2. The molecule has 3 aromatic rings. The summed E-state index contributed by atoms with van der Waals surface area (Å²) >= 11 is 5.28. The third-order valence-corrected chi connectivity index (χ3v) is 4.89. The molecule has 0 unspecified atom stereocenters. The Morgan fingerprint density at radius 2 is 1.83 bits per heavy atom. The first kappa shape index (κ1) is 21.3. The normalized spacial score (nSPS) is 11.4. The van der Waals surface area contributed by atoms with Gasteiger partial charge in [0.2, 0.25) is 5.55 Å². The van der Waals surface area contributed by atoms with Gasteiger partial charge in [0, 0.05) is 35.9 Å². The van der Waals surface area contributed by atoms with Gasteiger partial charge in [-0.05, 0) is 63.3 Å². The van der Waals surface area contributed by atoms with E-state index in [0.717, 1.165) is 35.4 Å². The molecular formula is C22H25N5O2S. The number of primary amides is 1. The zero-order chi connectivity index (χ0) is 21.7. The van der Waals surface area contributed by atoms with Crippen LogP contribution in [0, 0.1) is 6.92 Å². The van der Waals surface area contributed by atoms with Crippen LogP contribution in [-0.4, -0.2) is 24.1 Å². The molecule has 1 heterocycles. The second-order valence-corrected chi connectivity index (χ2v) is 7.18. The Kier molecular flexibility index (Phi) is 6.68. The molecule has 0 atom stereocenters. The minimum atomic E-state index is -0.633. The van der Waals surface area contributed by atoms with Crippen molar-refractivity contribution in [2.24, 2.45) is 10.8 Å². The van der Waals surface area contributed by atoms with Crippen LogP contribution in [0.3, 0.4) is 0 Å². The molecule has 0 bridgehead atoms. The highest BCUT2D eigenvalue weighted by Gasteiger charge is 2.11. The number of carbonyl (C=O) groups is 1. The van der Waals surface area contributed by atoms with E-state index in [2.05, 4.69) is 34.6 Å². The predicted octanol–water partition coefficient (Wildman–Crippen LogP) is 3.49. The topological polar surface area (TPSA) is 95.9 Å². The molecule has 0 fully saturated rings. The van der Waals surface area contributed by atoms with Crippen LogP contribution in [0.4, 0.5) is 11.4 Å². The van der Waals surface area contributed by atoms with Crippen molar-refractivity contribution in [2.75, 3.05) is 23.3 Å². The molecule has 0 saturated heterocycles. The standard InChI is InChI=1S/C22H25N5O2S/c1-4-27(5-2)17-11-8-15-12-18(20(23)28)21(29-19(15)13-17)25-26-22(30)24-16-9-6-14(3)7-10-16/h6-13H,4-5H2,1-3H3,(H2,23,28)(H2,24,26,30)/b25-21-. The van der Waals surface area contributed by atoms with Gasteiger partial charge in [0.05, 0.1) is 0 Å². The number of anilines is 2. The van der Waals surface area contributed by atoms with Gasteiger partial charge in [0.25, 0.3) is 5.91 Å². The SMILES string of the molecule is CCN(CC)c1ccc2cc(C(N)=O)/c(=N/NC(=S)Nc3ccc(C)cc3)oc2c1. The van der Waals surface area contributed by atoms with Gasteiger partial charge in [-0.2, -0.15) is 0 Å². The molecule has 0 radical (unpaired) electrons. The van der Waals surface area contributed by atoms with E-state index in [4.69, 9.17) is 22.4 Å². The van der Waals surface area contributed by atoms with E-state index in [1.165, 1.54) is 0 Å². The van der Waals surface area contributed by atoms with E-state index >= 15 is 0 Å². The average molecular weight is 424 g/mol. The lowest BCUT2D eigenvalue weighted by Crippen LogP contribution is -2.29. The third kappa shape index (κ3) is 4.96. The lowest BCUT2D eigenvalue weighted by Gasteiger charge is -2.21.